The lowest BCUT2D eigenvalue weighted by atomic mass is 9.94. The van der Waals surface area contributed by atoms with Gasteiger partial charge in [0, 0.05) is 60.2 Å². The van der Waals surface area contributed by atoms with Gasteiger partial charge in [0.25, 0.3) is 0 Å². The van der Waals surface area contributed by atoms with Gasteiger partial charge in [-0.05, 0) is 42.0 Å². The number of aryl methyl sites for hydroxylation is 2. The molecule has 6 rings (SSSR count). The normalized spacial score (nSPS) is 14.6. The summed E-state index contributed by atoms with van der Waals surface area (Å²) in [6, 6.07) is 9.31. The number of hydrogen-bond donors (Lipinski definition) is 1. The molecule has 0 spiro atoms. The van der Waals surface area contributed by atoms with Gasteiger partial charge in [0.05, 0.1) is 34.1 Å². The highest BCUT2D eigenvalue weighted by Gasteiger charge is 2.34. The summed E-state index contributed by atoms with van der Waals surface area (Å²) < 4.78 is 64.0. The summed E-state index contributed by atoms with van der Waals surface area (Å²) in [5.41, 5.74) is 5.60. The van der Waals surface area contributed by atoms with Crippen LogP contribution in [0.5, 0.6) is 0 Å². The molecule has 1 aliphatic rings. The van der Waals surface area contributed by atoms with Gasteiger partial charge in [-0.3, -0.25) is 4.79 Å². The van der Waals surface area contributed by atoms with E-state index in [1.165, 1.54) is 6.07 Å². The van der Waals surface area contributed by atoms with Gasteiger partial charge in [-0.25, -0.2) is 19.0 Å². The van der Waals surface area contributed by atoms with E-state index < -0.39 is 17.6 Å². The number of nitrogens with zero attached hydrogens (tertiary/aromatic N) is 5. The van der Waals surface area contributed by atoms with Crippen LogP contribution < -0.4 is 4.90 Å². The van der Waals surface area contributed by atoms with Crippen LogP contribution in [0.3, 0.4) is 0 Å². The minimum absolute atomic E-state index is 0.0944. The van der Waals surface area contributed by atoms with E-state index in [0.717, 1.165) is 59.7 Å². The molecule has 1 N–H and O–H groups in total. The number of para-hydroxylation sites is 1. The number of halogens is 4. The van der Waals surface area contributed by atoms with Gasteiger partial charge in [-0.2, -0.15) is 18.3 Å². The van der Waals surface area contributed by atoms with Gasteiger partial charge in [0.1, 0.15) is 12.4 Å². The van der Waals surface area contributed by atoms with Crippen LogP contribution in [-0.4, -0.2) is 37.2 Å². The van der Waals surface area contributed by atoms with Crippen LogP contribution >= 0.6 is 0 Å². The lowest BCUT2D eigenvalue weighted by molar-refractivity contribution is -0.151. The summed E-state index contributed by atoms with van der Waals surface area (Å²) in [5, 5.41) is 5.70. The van der Waals surface area contributed by atoms with Gasteiger partial charge < -0.3 is 14.6 Å². The molecule has 0 saturated heterocycles. The van der Waals surface area contributed by atoms with Gasteiger partial charge in [0.15, 0.2) is 0 Å². The fourth-order valence-corrected chi connectivity index (χ4v) is 6.57. The van der Waals surface area contributed by atoms with Crippen LogP contribution in [0, 0.1) is 17.7 Å². The lowest BCUT2D eigenvalue weighted by Crippen LogP contribution is -2.31. The molecule has 5 aromatic rings. The van der Waals surface area contributed by atoms with Crippen molar-refractivity contribution in [3.05, 3.63) is 88.3 Å². The molecule has 4 heterocycles. The largest absolute Gasteiger partial charge is 0.461 e. The van der Waals surface area contributed by atoms with E-state index in [1.54, 1.807) is 17.2 Å². The molecule has 0 unspecified atom stereocenters. The summed E-state index contributed by atoms with van der Waals surface area (Å²) in [7, 11) is 0. The molecule has 3 aromatic heterocycles. The van der Waals surface area contributed by atoms with Crippen molar-refractivity contribution < 1.29 is 27.1 Å². The molecule has 0 amide bonds. The smallest absolute Gasteiger partial charge is 0.419 e. The SMILES string of the molecule is CCc1cccc(CC)c1-n1nc2c(c1-c1c(F)cc(COC(=O)[C@@H](C)[C@@H](C)CC)c3[nH]ccc13)CN(c1ncc(C(F)(F)F)cn1)CC2. The summed E-state index contributed by atoms with van der Waals surface area (Å²) in [6.07, 6.45) is 1.48. The van der Waals surface area contributed by atoms with Gasteiger partial charge in [-0.1, -0.05) is 59.2 Å². The highest BCUT2D eigenvalue weighted by molar-refractivity contribution is 5.98. The van der Waals surface area contributed by atoms with E-state index in [9.17, 15) is 18.0 Å². The molecule has 0 fully saturated rings. The maximum Gasteiger partial charge on any atom is 0.419 e. The average Bonchev–Trinajstić information content (AvgIpc) is 3.74. The monoisotopic (exact) mass is 676 g/mol. The van der Waals surface area contributed by atoms with Crippen molar-refractivity contribution in [2.24, 2.45) is 11.8 Å². The second-order valence-electron chi connectivity index (χ2n) is 12.7. The van der Waals surface area contributed by atoms with Crippen LogP contribution in [0.4, 0.5) is 23.5 Å². The third-order valence-electron chi connectivity index (χ3n) is 9.81. The zero-order chi connectivity index (χ0) is 35.0. The number of carbonyl (C=O) groups is 1. The van der Waals surface area contributed by atoms with Crippen LogP contribution in [0.1, 0.15) is 74.6 Å². The number of aromatic amines is 1. The second kappa shape index (κ2) is 13.6. The first-order chi connectivity index (χ1) is 23.5. The maximum atomic E-state index is 16.8. The molecule has 258 valence electrons. The summed E-state index contributed by atoms with van der Waals surface area (Å²) in [4.78, 5) is 25.9. The molecule has 49 heavy (non-hydrogen) atoms. The van der Waals surface area contributed by atoms with E-state index >= 15 is 4.39 Å². The van der Waals surface area contributed by atoms with Crippen LogP contribution in [-0.2, 0) is 48.1 Å². The molecule has 8 nitrogen and oxygen atoms in total. The van der Waals surface area contributed by atoms with E-state index in [-0.39, 0.29) is 36.9 Å². The van der Waals surface area contributed by atoms with E-state index in [4.69, 9.17) is 9.84 Å². The number of H-pyrrole nitrogens is 1. The first-order valence-electron chi connectivity index (χ1n) is 16.8. The Morgan fingerprint density at radius 1 is 1.04 bits per heavy atom. The summed E-state index contributed by atoms with van der Waals surface area (Å²) >= 11 is 0. The Balaban J connectivity index is 1.49. The lowest BCUT2D eigenvalue weighted by Gasteiger charge is -2.27. The van der Waals surface area contributed by atoms with Gasteiger partial charge >= 0.3 is 12.1 Å². The molecule has 2 aromatic carbocycles. The van der Waals surface area contributed by atoms with E-state index in [0.29, 0.717) is 40.7 Å². The third-order valence-corrected chi connectivity index (χ3v) is 9.81. The Hall–Kier alpha value is -4.74. The number of anilines is 1. The number of rotatable bonds is 10. The Labute approximate surface area is 282 Å². The quantitative estimate of drug-likeness (QED) is 0.118. The first kappa shape index (κ1) is 34.1. The molecule has 0 saturated carbocycles. The predicted molar refractivity (Wildman–Crippen MR) is 180 cm³/mol. The number of ether oxygens (including phenoxy) is 1. The first-order valence-corrected chi connectivity index (χ1v) is 16.8. The fourth-order valence-electron chi connectivity index (χ4n) is 6.57. The van der Waals surface area contributed by atoms with Crippen LogP contribution in [0.25, 0.3) is 27.8 Å². The number of esters is 1. The van der Waals surface area contributed by atoms with Crippen molar-refractivity contribution in [1.29, 1.82) is 0 Å². The zero-order valence-electron chi connectivity index (χ0n) is 28.3. The molecular formula is C37H40F4N6O2. The van der Waals surface area contributed by atoms with Crippen molar-refractivity contribution in [2.45, 2.75) is 79.6 Å². The average molecular weight is 677 g/mol. The molecular weight excluding hydrogens is 636 g/mol. The highest BCUT2D eigenvalue weighted by atomic mass is 19.4. The molecule has 12 heteroatoms. The fraction of sp³-hybridized carbons (Fsp3) is 0.405. The minimum atomic E-state index is -4.55. The van der Waals surface area contributed by atoms with Crippen molar-refractivity contribution in [3.63, 3.8) is 0 Å². The molecule has 1 aliphatic heterocycles. The predicted octanol–water partition coefficient (Wildman–Crippen LogP) is 8.38. The standard InChI is InChI=1S/C37H40F4N6O2/c1-6-21(4)22(5)35(48)49-20-25-16-29(38)31(27-12-14-42-32(25)27)34-28-19-46(36-43-17-26(18-44-36)37(39,40)41)15-13-30(28)45-47(34)33-23(7-2)10-9-11-24(33)8-3/h9-12,14,16-18,21-22,42H,6-8,13,15,19-20H2,1-5H3/t21-,22-/m0/s1. The minimum Gasteiger partial charge on any atom is -0.461 e. The number of carbonyl (C=O) groups excluding carboxylic acids is 1. The Morgan fingerprint density at radius 3 is 2.37 bits per heavy atom. The topological polar surface area (TPSA) is 88.9 Å². The van der Waals surface area contributed by atoms with Crippen molar-refractivity contribution in [2.75, 3.05) is 11.4 Å². The molecule has 2 atom stereocenters. The Bertz CT molecular complexity index is 1960. The number of benzene rings is 2. The Kier molecular flexibility index (Phi) is 9.50. The van der Waals surface area contributed by atoms with E-state index in [1.807, 2.05) is 43.7 Å². The van der Waals surface area contributed by atoms with E-state index in [2.05, 4.69) is 28.8 Å². The van der Waals surface area contributed by atoms with Crippen LogP contribution in [0.2, 0.25) is 0 Å². The van der Waals surface area contributed by atoms with Gasteiger partial charge in [-0.15, -0.1) is 0 Å². The van der Waals surface area contributed by atoms with Gasteiger partial charge in [0.2, 0.25) is 5.95 Å². The molecule has 0 radical (unpaired) electrons. The van der Waals surface area contributed by atoms with Crippen LogP contribution in [0.15, 0.2) is 48.9 Å². The highest BCUT2D eigenvalue weighted by Crippen LogP contribution is 2.41. The zero-order valence-corrected chi connectivity index (χ0v) is 28.3. The second-order valence-corrected chi connectivity index (χ2v) is 12.7. The van der Waals surface area contributed by atoms with Crippen molar-refractivity contribution in [1.82, 2.24) is 24.7 Å². The third kappa shape index (κ3) is 6.40. The number of aromatic nitrogens is 5. The number of hydrogen-bond acceptors (Lipinski definition) is 6. The molecule has 0 bridgehead atoms. The summed E-state index contributed by atoms with van der Waals surface area (Å²) in [6.45, 7) is 10.5. The maximum absolute atomic E-state index is 16.8. The molecule has 0 aliphatic carbocycles. The number of nitrogens with one attached hydrogen (secondary N) is 1. The number of fused-ring (bicyclic) bond motifs is 2. The Morgan fingerprint density at radius 2 is 1.73 bits per heavy atom. The van der Waals surface area contributed by atoms with Crippen molar-refractivity contribution in [3.8, 4) is 16.9 Å². The number of alkyl halides is 3. The summed E-state index contributed by atoms with van der Waals surface area (Å²) in [5.74, 6) is -0.838. The van der Waals surface area contributed by atoms with Crippen molar-refractivity contribution >= 4 is 22.8 Å².